The zero-order valence-corrected chi connectivity index (χ0v) is 12.0. The summed E-state index contributed by atoms with van der Waals surface area (Å²) in [6.45, 7) is 8.86. The summed E-state index contributed by atoms with van der Waals surface area (Å²) < 4.78 is 14.6. The molecule has 1 nitrogen and oxygen atoms in total. The van der Waals surface area contributed by atoms with Crippen molar-refractivity contribution in [2.24, 2.45) is 0 Å². The molecule has 0 heterocycles. The van der Waals surface area contributed by atoms with Gasteiger partial charge in [0.25, 0.3) is 0 Å². The van der Waals surface area contributed by atoms with Gasteiger partial charge in [0.05, 0.1) is 0 Å². The molecule has 0 aromatic heterocycles. The zero-order valence-electron chi connectivity index (χ0n) is 10.4. The zero-order chi connectivity index (χ0) is 12.8. The van der Waals surface area contributed by atoms with Crippen molar-refractivity contribution < 1.29 is 4.39 Å². The van der Waals surface area contributed by atoms with Gasteiger partial charge in [-0.2, -0.15) is 0 Å². The lowest BCUT2D eigenvalue weighted by Crippen LogP contribution is -2.23. The Morgan fingerprint density at radius 3 is 2.76 bits per heavy atom. The molecule has 0 aliphatic carbocycles. The number of rotatable bonds is 6. The van der Waals surface area contributed by atoms with Crippen LogP contribution in [0, 0.1) is 5.82 Å². The smallest absolute Gasteiger partial charge is 0.129 e. The fourth-order valence-electron chi connectivity index (χ4n) is 1.74. The standard InChI is InChI=1S/C14H19BrFN/c1-4-7-17-14(8-10(2)3)12-6-5-11(15)9-13(12)16/h5-6,9,14,17H,2,4,7-8H2,1,3H3. The van der Waals surface area contributed by atoms with Crippen molar-refractivity contribution in [1.82, 2.24) is 5.32 Å². The van der Waals surface area contributed by atoms with Crippen molar-refractivity contribution in [2.75, 3.05) is 6.54 Å². The molecule has 0 fully saturated rings. The summed E-state index contributed by atoms with van der Waals surface area (Å²) in [6.07, 6.45) is 1.80. The number of hydrogen-bond acceptors (Lipinski definition) is 1. The third-order valence-corrected chi connectivity index (χ3v) is 3.02. The maximum absolute atomic E-state index is 13.9. The maximum atomic E-state index is 13.9. The maximum Gasteiger partial charge on any atom is 0.129 e. The summed E-state index contributed by atoms with van der Waals surface area (Å²) in [4.78, 5) is 0. The highest BCUT2D eigenvalue weighted by Crippen LogP contribution is 2.25. The lowest BCUT2D eigenvalue weighted by Gasteiger charge is -2.19. The van der Waals surface area contributed by atoms with E-state index in [9.17, 15) is 4.39 Å². The molecule has 0 aliphatic rings. The lowest BCUT2D eigenvalue weighted by molar-refractivity contribution is 0.496. The largest absolute Gasteiger partial charge is 0.310 e. The van der Waals surface area contributed by atoms with Gasteiger partial charge in [0, 0.05) is 16.1 Å². The van der Waals surface area contributed by atoms with Crippen LogP contribution in [0.5, 0.6) is 0 Å². The molecule has 3 heteroatoms. The summed E-state index contributed by atoms with van der Waals surface area (Å²) in [6, 6.07) is 5.22. The average molecular weight is 300 g/mol. The lowest BCUT2D eigenvalue weighted by atomic mass is 9.99. The second-order valence-electron chi connectivity index (χ2n) is 4.33. The van der Waals surface area contributed by atoms with Crippen LogP contribution >= 0.6 is 15.9 Å². The van der Waals surface area contributed by atoms with Crippen LogP contribution in [-0.4, -0.2) is 6.54 Å². The Balaban J connectivity index is 2.90. The Labute approximate surface area is 111 Å². The summed E-state index contributed by atoms with van der Waals surface area (Å²) in [5.74, 6) is -0.172. The Morgan fingerprint density at radius 1 is 1.53 bits per heavy atom. The highest BCUT2D eigenvalue weighted by molar-refractivity contribution is 9.10. The topological polar surface area (TPSA) is 12.0 Å². The van der Waals surface area contributed by atoms with Crippen molar-refractivity contribution in [3.63, 3.8) is 0 Å². The van der Waals surface area contributed by atoms with E-state index in [-0.39, 0.29) is 11.9 Å². The van der Waals surface area contributed by atoms with E-state index < -0.39 is 0 Å². The minimum atomic E-state index is -0.172. The predicted octanol–water partition coefficient (Wildman–Crippen LogP) is 4.60. The molecule has 0 bridgehead atoms. The molecule has 0 radical (unpaired) electrons. The predicted molar refractivity (Wildman–Crippen MR) is 74.6 cm³/mol. The third kappa shape index (κ3) is 4.60. The molecular weight excluding hydrogens is 281 g/mol. The van der Waals surface area contributed by atoms with Crippen LogP contribution in [0.1, 0.15) is 38.3 Å². The second-order valence-corrected chi connectivity index (χ2v) is 5.25. The monoisotopic (exact) mass is 299 g/mol. The van der Waals surface area contributed by atoms with Gasteiger partial charge in [-0.15, -0.1) is 6.58 Å². The fraction of sp³-hybridized carbons (Fsp3) is 0.429. The third-order valence-electron chi connectivity index (χ3n) is 2.53. The molecule has 1 aromatic rings. The van der Waals surface area contributed by atoms with E-state index in [1.54, 1.807) is 0 Å². The fourth-order valence-corrected chi connectivity index (χ4v) is 2.08. The SMILES string of the molecule is C=C(C)CC(NCCC)c1ccc(Br)cc1F. The Hall–Kier alpha value is -0.670. The van der Waals surface area contributed by atoms with Crippen LogP contribution in [0.3, 0.4) is 0 Å². The van der Waals surface area contributed by atoms with E-state index in [1.165, 1.54) is 6.07 Å². The van der Waals surface area contributed by atoms with Gasteiger partial charge in [-0.25, -0.2) is 4.39 Å². The number of hydrogen-bond donors (Lipinski definition) is 1. The van der Waals surface area contributed by atoms with Gasteiger partial charge in [0.1, 0.15) is 5.82 Å². The first-order chi connectivity index (χ1) is 8.04. The van der Waals surface area contributed by atoms with Gasteiger partial charge in [-0.1, -0.05) is 34.5 Å². The van der Waals surface area contributed by atoms with E-state index in [0.29, 0.717) is 5.56 Å². The van der Waals surface area contributed by atoms with Crippen molar-refractivity contribution in [1.29, 1.82) is 0 Å². The van der Waals surface area contributed by atoms with Gasteiger partial charge >= 0.3 is 0 Å². The average Bonchev–Trinajstić information content (AvgIpc) is 2.24. The van der Waals surface area contributed by atoms with Gasteiger partial charge < -0.3 is 5.32 Å². The van der Waals surface area contributed by atoms with Gasteiger partial charge in [0.15, 0.2) is 0 Å². The number of nitrogens with one attached hydrogen (secondary N) is 1. The van der Waals surface area contributed by atoms with Crippen molar-refractivity contribution in [3.05, 3.63) is 46.2 Å². The quantitative estimate of drug-likeness (QED) is 0.757. The number of halogens is 2. The van der Waals surface area contributed by atoms with Gasteiger partial charge in [-0.05, 0) is 38.4 Å². The van der Waals surface area contributed by atoms with Gasteiger partial charge in [0.2, 0.25) is 0 Å². The highest BCUT2D eigenvalue weighted by atomic mass is 79.9. The molecule has 1 N–H and O–H groups in total. The summed E-state index contributed by atoms with van der Waals surface area (Å²) in [5, 5.41) is 3.36. The first-order valence-corrected chi connectivity index (χ1v) is 6.66. The molecule has 0 spiro atoms. The van der Waals surface area contributed by atoms with Crippen LogP contribution in [0.4, 0.5) is 4.39 Å². The minimum absolute atomic E-state index is 0.0144. The summed E-state index contributed by atoms with van der Waals surface area (Å²) in [5.41, 5.74) is 1.77. The van der Waals surface area contributed by atoms with Crippen LogP contribution in [0.15, 0.2) is 34.8 Å². The van der Waals surface area contributed by atoms with E-state index in [2.05, 4.69) is 34.7 Å². The summed E-state index contributed by atoms with van der Waals surface area (Å²) in [7, 11) is 0. The molecule has 0 aliphatic heterocycles. The van der Waals surface area contributed by atoms with Crippen LogP contribution in [0.25, 0.3) is 0 Å². The Morgan fingerprint density at radius 2 is 2.24 bits per heavy atom. The highest BCUT2D eigenvalue weighted by Gasteiger charge is 2.15. The van der Waals surface area contributed by atoms with Crippen molar-refractivity contribution in [3.8, 4) is 0 Å². The normalized spacial score (nSPS) is 12.5. The molecule has 17 heavy (non-hydrogen) atoms. The molecule has 94 valence electrons. The molecule has 0 amide bonds. The molecular formula is C14H19BrFN. The first kappa shape index (κ1) is 14.4. The molecule has 1 rings (SSSR count). The van der Waals surface area contributed by atoms with Crippen molar-refractivity contribution in [2.45, 2.75) is 32.7 Å². The molecule has 0 saturated heterocycles. The first-order valence-electron chi connectivity index (χ1n) is 5.87. The molecule has 1 atom stereocenters. The summed E-state index contributed by atoms with van der Waals surface area (Å²) >= 11 is 3.27. The minimum Gasteiger partial charge on any atom is -0.310 e. The molecule has 1 aromatic carbocycles. The van der Waals surface area contributed by atoms with Crippen molar-refractivity contribution >= 4 is 15.9 Å². The van der Waals surface area contributed by atoms with E-state index >= 15 is 0 Å². The molecule has 1 unspecified atom stereocenters. The Kier molecular flexibility index (Phi) is 5.86. The van der Waals surface area contributed by atoms with E-state index in [0.717, 1.165) is 29.4 Å². The second kappa shape index (κ2) is 6.92. The number of benzene rings is 1. The van der Waals surface area contributed by atoms with E-state index in [4.69, 9.17) is 0 Å². The Bertz CT molecular complexity index is 390. The van der Waals surface area contributed by atoms with E-state index in [1.807, 2.05) is 19.1 Å². The van der Waals surface area contributed by atoms with Gasteiger partial charge in [-0.3, -0.25) is 0 Å². The molecule has 0 saturated carbocycles. The van der Waals surface area contributed by atoms with Crippen LogP contribution in [-0.2, 0) is 0 Å². The van der Waals surface area contributed by atoms with Crippen LogP contribution in [0.2, 0.25) is 0 Å². The van der Waals surface area contributed by atoms with Crippen LogP contribution < -0.4 is 5.32 Å².